The second-order valence-corrected chi connectivity index (χ2v) is 32.7. The van der Waals surface area contributed by atoms with E-state index in [2.05, 4.69) is 100 Å². The first-order valence-electron chi connectivity index (χ1n) is 45.4. The van der Waals surface area contributed by atoms with E-state index in [1.165, 1.54) is 16.7 Å². The van der Waals surface area contributed by atoms with Crippen LogP contribution in [-0.4, -0.2) is 197 Å². The molecule has 3 heterocycles. The second-order valence-electron chi connectivity index (χ2n) is 32.7. The van der Waals surface area contributed by atoms with E-state index in [1.807, 2.05) is 167 Å². The van der Waals surface area contributed by atoms with Gasteiger partial charge in [0.05, 0.1) is 152 Å². The van der Waals surface area contributed by atoms with Crippen LogP contribution in [-0.2, 0) is 91.9 Å². The van der Waals surface area contributed by atoms with Crippen molar-refractivity contribution in [3.8, 4) is 34.5 Å². The highest BCUT2D eigenvalue weighted by Gasteiger charge is 2.31. The van der Waals surface area contributed by atoms with Crippen molar-refractivity contribution in [1.82, 2.24) is 21.3 Å². The van der Waals surface area contributed by atoms with Gasteiger partial charge in [-0.2, -0.15) is 0 Å². The van der Waals surface area contributed by atoms with Gasteiger partial charge >= 0.3 is 0 Å². The van der Waals surface area contributed by atoms with E-state index < -0.39 is 0 Å². The molecular formula is C105H138N6O18. The van der Waals surface area contributed by atoms with Gasteiger partial charge in [0.25, 0.3) is 5.91 Å². The number of methoxy groups -OCH3 is 6. The minimum Gasteiger partial charge on any atom is -0.496 e. The predicted molar refractivity (Wildman–Crippen MR) is 506 cm³/mol. The molecule has 129 heavy (non-hydrogen) atoms. The molecule has 24 nitrogen and oxygen atoms in total. The van der Waals surface area contributed by atoms with Crippen LogP contribution in [0.25, 0.3) is 0 Å². The van der Waals surface area contributed by atoms with Crippen LogP contribution in [0.4, 0.5) is 11.4 Å². The largest absolute Gasteiger partial charge is 0.496 e. The Morgan fingerprint density at radius 3 is 1.19 bits per heavy atom. The molecule has 0 bridgehead atoms. The fourth-order valence-corrected chi connectivity index (χ4v) is 16.1. The summed E-state index contributed by atoms with van der Waals surface area (Å²) in [6.07, 6.45) is 6.25. The lowest BCUT2D eigenvalue weighted by Gasteiger charge is -2.33. The Balaban J connectivity index is 0.000000201. The predicted octanol–water partition coefficient (Wildman–Crippen LogP) is 16.8. The van der Waals surface area contributed by atoms with Crippen molar-refractivity contribution in [2.45, 2.75) is 161 Å². The average Bonchev–Trinajstić information content (AvgIpc) is 0.800. The number of rotatable bonds is 49. The van der Waals surface area contributed by atoms with Crippen LogP contribution in [0.2, 0.25) is 0 Å². The summed E-state index contributed by atoms with van der Waals surface area (Å²) >= 11 is 0. The smallest absolute Gasteiger partial charge is 0.251 e. The van der Waals surface area contributed by atoms with Gasteiger partial charge in [0.15, 0.2) is 0 Å². The lowest BCUT2D eigenvalue weighted by atomic mass is 9.87. The highest BCUT2D eigenvalue weighted by molar-refractivity contribution is 5.96. The number of benzene rings is 9. The van der Waals surface area contributed by atoms with Crippen LogP contribution >= 0.6 is 0 Å². The summed E-state index contributed by atoms with van der Waals surface area (Å²) in [6, 6.07) is 69.2. The van der Waals surface area contributed by atoms with Crippen molar-refractivity contribution in [3.05, 3.63) is 273 Å². The Kier molecular flexibility index (Phi) is 44.0. The maximum absolute atomic E-state index is 12.8. The first-order chi connectivity index (χ1) is 63.1. The molecule has 3 fully saturated rings. The topological polar surface area (TPSA) is 244 Å². The number of para-hydroxylation sites is 3. The number of carbonyl (C=O) groups is 3. The minimum absolute atomic E-state index is 0.0319. The number of hydrogen-bond acceptors (Lipinski definition) is 21. The number of nitrogens with zero attached hydrogens (tertiary/aromatic N) is 2. The van der Waals surface area contributed by atoms with E-state index in [-0.39, 0.29) is 48.0 Å². The number of amides is 3. The van der Waals surface area contributed by atoms with E-state index in [1.54, 1.807) is 47.6 Å². The lowest BCUT2D eigenvalue weighted by molar-refractivity contribution is -0.120. The van der Waals surface area contributed by atoms with Crippen molar-refractivity contribution in [3.63, 3.8) is 0 Å². The highest BCUT2D eigenvalue weighted by atomic mass is 16.5. The third kappa shape index (κ3) is 32.9. The third-order valence-corrected chi connectivity index (χ3v) is 23.2. The molecule has 0 saturated carbocycles. The van der Waals surface area contributed by atoms with Crippen LogP contribution in [0.1, 0.15) is 155 Å². The van der Waals surface area contributed by atoms with Crippen molar-refractivity contribution in [1.29, 1.82) is 0 Å². The van der Waals surface area contributed by atoms with E-state index in [0.717, 1.165) is 168 Å². The summed E-state index contributed by atoms with van der Waals surface area (Å²) in [4.78, 5) is 41.6. The average molecular weight is 1770 g/mol. The molecule has 696 valence electrons. The van der Waals surface area contributed by atoms with Crippen LogP contribution < -0.4 is 59.5 Å². The molecule has 24 heteroatoms. The molecule has 3 amide bonds. The summed E-state index contributed by atoms with van der Waals surface area (Å²) in [6.45, 7) is 21.7. The maximum Gasteiger partial charge on any atom is 0.251 e. The molecule has 0 unspecified atom stereocenters. The molecule has 0 spiro atoms. The number of anilines is 2. The third-order valence-electron chi connectivity index (χ3n) is 23.2. The molecule has 12 rings (SSSR count). The second kappa shape index (κ2) is 56.3. The summed E-state index contributed by atoms with van der Waals surface area (Å²) in [5, 5.41) is 13.3. The lowest BCUT2D eigenvalue weighted by Crippen LogP contribution is -2.41. The van der Waals surface area contributed by atoms with Gasteiger partial charge in [-0.05, 0) is 190 Å². The molecule has 6 atom stereocenters. The van der Waals surface area contributed by atoms with E-state index in [9.17, 15) is 14.4 Å². The standard InChI is InChI=1S/C36H48N2O6.C35H46N2O6.C34H44N2O6/c1-27(2)38(36(39)18-22-40-3)31-11-7-9-28(23-31)25-44-35-24-37-19-17-33(35)29-13-15-32(16-14-29)43-21-8-20-42-26-30-10-5-6-12-34(30)41-4;1-26-10-11-27(22-32(26)37(2)35(38)17-21-39-3)24-43-34-23-36-18-16-31(34)28-12-14-30(15-13-28)42-20-7-19-41-25-29-8-5-6-9-33(29)40-4;1-25-9-10-26(21-31(25)34(37)36-17-20-38-2)23-42-33-22-35-16-15-30(33)27-11-13-29(14-12-27)41-19-6-18-40-24-28-7-4-5-8-32(28)39-3/h5-7,9-16,23,27,33,35,37H,8,17-22,24-26H2,1-4H3;5-6,8-15,22,31,34,36H,7,16-21,23-25H2,1-4H3;4-5,7-14,21,30,33,35H,6,15-20,22-24H2,1-3H3,(H,36,37)/t33-,35+;31-,34+;30-,33+/m111/s1. The minimum atomic E-state index is -0.0914. The summed E-state index contributed by atoms with van der Waals surface area (Å²) in [5.41, 5.74) is 14.4. The highest BCUT2D eigenvalue weighted by Crippen LogP contribution is 2.35. The van der Waals surface area contributed by atoms with Gasteiger partial charge in [-0.3, -0.25) is 14.4 Å². The zero-order valence-corrected chi connectivity index (χ0v) is 77.6. The fraction of sp³-hybridized carbons (Fsp3) is 0.457. The molecule has 9 aromatic carbocycles. The molecule has 3 aliphatic heterocycles. The Morgan fingerprint density at radius 1 is 0.403 bits per heavy atom. The molecule has 0 radical (unpaired) electrons. The van der Waals surface area contributed by atoms with Crippen LogP contribution in [0.3, 0.4) is 0 Å². The van der Waals surface area contributed by atoms with Gasteiger partial charge in [0, 0.05) is 131 Å². The van der Waals surface area contributed by atoms with Gasteiger partial charge in [0.2, 0.25) is 11.8 Å². The van der Waals surface area contributed by atoms with Crippen LogP contribution in [0, 0.1) is 13.8 Å². The van der Waals surface area contributed by atoms with Crippen LogP contribution in [0.15, 0.2) is 206 Å². The van der Waals surface area contributed by atoms with Crippen molar-refractivity contribution < 1.29 is 85.4 Å². The normalized spacial score (nSPS) is 16.6. The number of carbonyl (C=O) groups excluding carboxylic acids is 3. The zero-order chi connectivity index (χ0) is 91.2. The maximum atomic E-state index is 12.8. The Bertz CT molecular complexity index is 4750. The monoisotopic (exact) mass is 1770 g/mol. The number of ether oxygens (including phenoxy) is 15. The number of piperidine rings is 3. The van der Waals surface area contributed by atoms with E-state index in [4.69, 9.17) is 71.1 Å². The van der Waals surface area contributed by atoms with E-state index >= 15 is 0 Å². The molecular weight excluding hydrogens is 1630 g/mol. The summed E-state index contributed by atoms with van der Waals surface area (Å²) in [7, 11) is 11.7. The zero-order valence-electron chi connectivity index (χ0n) is 77.6. The molecule has 0 aliphatic carbocycles. The molecule has 3 aliphatic rings. The van der Waals surface area contributed by atoms with Gasteiger partial charge in [0.1, 0.15) is 34.5 Å². The fourth-order valence-electron chi connectivity index (χ4n) is 16.1. The number of nitrogens with one attached hydrogen (secondary N) is 4. The van der Waals surface area contributed by atoms with Crippen molar-refractivity contribution in [2.75, 3.05) is 165 Å². The van der Waals surface area contributed by atoms with Crippen molar-refractivity contribution in [2.24, 2.45) is 0 Å². The Labute approximate surface area is 764 Å². The number of hydrogen-bond donors (Lipinski definition) is 4. The van der Waals surface area contributed by atoms with Gasteiger partial charge in [-0.25, -0.2) is 0 Å². The van der Waals surface area contributed by atoms with E-state index in [0.29, 0.717) is 136 Å². The molecule has 4 N–H and O–H groups in total. The molecule has 0 aromatic heterocycles. The first-order valence-corrected chi connectivity index (χ1v) is 45.4. The Morgan fingerprint density at radius 2 is 0.791 bits per heavy atom. The van der Waals surface area contributed by atoms with Gasteiger partial charge in [-0.1, -0.05) is 127 Å². The number of aryl methyl sites for hydroxylation is 2. The van der Waals surface area contributed by atoms with Gasteiger partial charge in [-0.15, -0.1) is 0 Å². The quantitative estimate of drug-likeness (QED) is 0.0259. The summed E-state index contributed by atoms with van der Waals surface area (Å²) in [5.74, 6) is 5.97. The Hall–Kier alpha value is -10.3. The van der Waals surface area contributed by atoms with Crippen molar-refractivity contribution >= 4 is 29.1 Å². The summed E-state index contributed by atoms with van der Waals surface area (Å²) < 4.78 is 86.1. The SMILES string of the molecule is COCCC(=O)N(C)c1cc(CO[C@H]2CNCC[C@@H]2c2ccc(OCCCOCc3ccccc3OC)cc2)ccc1C.COCCC(=O)N(c1cccc(CO[C@H]2CNCC[C@@H]2c2ccc(OCCCOCc3ccccc3OC)cc2)c1)C(C)C.COCCNC(=O)c1cc(CO[C@H]2CNCC[C@@H]2c2ccc(OCCCOCc3ccccc3OC)cc2)ccc1C. The molecule has 9 aromatic rings. The first kappa shape index (κ1) is 101. The molecule has 3 saturated heterocycles. The van der Waals surface area contributed by atoms with Gasteiger partial charge < -0.3 is 102 Å². The van der Waals surface area contributed by atoms with Crippen LogP contribution in [0.5, 0.6) is 34.5 Å².